The van der Waals surface area contributed by atoms with E-state index in [0.29, 0.717) is 5.92 Å². The molecule has 0 fully saturated rings. The lowest BCUT2D eigenvalue weighted by molar-refractivity contribution is -0.159. The minimum absolute atomic E-state index is 0.401. The van der Waals surface area contributed by atoms with Crippen LogP contribution in [0.25, 0.3) is 0 Å². The number of aromatic amines is 1. The molecule has 0 aliphatic rings. The van der Waals surface area contributed by atoms with Crippen LogP contribution in [0.5, 0.6) is 0 Å². The second-order valence-corrected chi connectivity index (χ2v) is 6.73. The molecule has 2 aromatic carbocycles. The summed E-state index contributed by atoms with van der Waals surface area (Å²) in [5.74, 6) is -2.17. The summed E-state index contributed by atoms with van der Waals surface area (Å²) in [6.45, 7) is 0.971. The maximum Gasteiger partial charge on any atom is 0.414 e. The molecule has 0 radical (unpaired) electrons. The predicted molar refractivity (Wildman–Crippen MR) is 115 cm³/mol. The zero-order valence-electron chi connectivity index (χ0n) is 16.9. The van der Waals surface area contributed by atoms with Gasteiger partial charge in [0.15, 0.2) is 0 Å². The highest BCUT2D eigenvalue weighted by molar-refractivity contribution is 6.27. The summed E-state index contributed by atoms with van der Waals surface area (Å²) in [4.78, 5) is 26.2. The van der Waals surface area contributed by atoms with Gasteiger partial charge in [0, 0.05) is 37.2 Å². The van der Waals surface area contributed by atoms with E-state index in [-0.39, 0.29) is 0 Å². The molecule has 0 bridgehead atoms. The predicted octanol–water partition coefficient (Wildman–Crippen LogP) is 3.09. The van der Waals surface area contributed by atoms with Crippen LogP contribution in [0.15, 0.2) is 66.9 Å². The molecule has 30 heavy (non-hydrogen) atoms. The van der Waals surface area contributed by atoms with E-state index in [4.69, 9.17) is 19.8 Å². The van der Waals surface area contributed by atoms with Gasteiger partial charge in [0.05, 0.1) is 0 Å². The van der Waals surface area contributed by atoms with Gasteiger partial charge < -0.3 is 20.5 Å². The highest BCUT2D eigenvalue weighted by Gasteiger charge is 2.14. The highest BCUT2D eigenvalue weighted by atomic mass is 16.4. The van der Waals surface area contributed by atoms with Gasteiger partial charge in [-0.3, -0.25) is 0 Å². The van der Waals surface area contributed by atoms with Crippen molar-refractivity contribution in [1.29, 1.82) is 0 Å². The van der Waals surface area contributed by atoms with Crippen molar-refractivity contribution in [2.45, 2.75) is 25.2 Å². The number of imidazole rings is 1. The van der Waals surface area contributed by atoms with E-state index in [1.165, 1.54) is 16.8 Å². The number of aryl methyl sites for hydroxylation is 1. The lowest BCUT2D eigenvalue weighted by Crippen LogP contribution is -2.10. The third-order valence-corrected chi connectivity index (χ3v) is 4.58. The maximum atomic E-state index is 9.10. The number of H-pyrrole nitrogens is 1. The van der Waals surface area contributed by atoms with Crippen LogP contribution >= 0.6 is 0 Å². The van der Waals surface area contributed by atoms with Gasteiger partial charge in [-0.05, 0) is 24.6 Å². The summed E-state index contributed by atoms with van der Waals surface area (Å²) in [7, 11) is 1.97. The van der Waals surface area contributed by atoms with E-state index in [1.807, 2.05) is 13.2 Å². The molecule has 3 aromatic rings. The number of rotatable bonds is 8. The van der Waals surface area contributed by atoms with Gasteiger partial charge in [0.2, 0.25) is 0 Å². The Kier molecular flexibility index (Phi) is 9.27. The molecule has 1 heterocycles. The molecule has 0 saturated heterocycles. The summed E-state index contributed by atoms with van der Waals surface area (Å²) in [5, 5.41) is 18.0. The molecule has 4 N–H and O–H groups in total. The smallest absolute Gasteiger partial charge is 0.414 e. The van der Waals surface area contributed by atoms with Crippen LogP contribution in [-0.4, -0.2) is 45.7 Å². The second kappa shape index (κ2) is 12.2. The molecule has 0 aliphatic heterocycles. The monoisotopic (exact) mass is 409 g/mol. The Bertz CT molecular complexity index is 859. The van der Waals surface area contributed by atoms with E-state index in [0.717, 1.165) is 31.6 Å². The van der Waals surface area contributed by atoms with Crippen molar-refractivity contribution < 1.29 is 19.8 Å². The summed E-state index contributed by atoms with van der Waals surface area (Å²) >= 11 is 0. The number of nitrogens with zero attached hydrogens (tertiary/aromatic N) is 1. The summed E-state index contributed by atoms with van der Waals surface area (Å²) in [5.41, 5.74) is 3.94. The van der Waals surface area contributed by atoms with Crippen LogP contribution in [0.1, 0.15) is 35.0 Å². The van der Waals surface area contributed by atoms with Crippen LogP contribution in [0.2, 0.25) is 0 Å². The first kappa shape index (κ1) is 22.8. The Hall–Kier alpha value is -3.45. The minimum atomic E-state index is -1.82. The minimum Gasteiger partial charge on any atom is -0.473 e. The van der Waals surface area contributed by atoms with Crippen molar-refractivity contribution in [2.75, 3.05) is 13.6 Å². The largest absolute Gasteiger partial charge is 0.473 e. The Morgan fingerprint density at radius 2 is 1.47 bits per heavy atom. The Labute approximate surface area is 175 Å². The Morgan fingerprint density at radius 1 is 0.933 bits per heavy atom. The quantitative estimate of drug-likeness (QED) is 0.425. The number of carboxylic acid groups (broad SMARTS) is 2. The van der Waals surface area contributed by atoms with Crippen molar-refractivity contribution >= 4 is 11.9 Å². The van der Waals surface area contributed by atoms with Crippen LogP contribution in [-0.2, 0) is 22.4 Å². The van der Waals surface area contributed by atoms with Crippen molar-refractivity contribution in [3.8, 4) is 0 Å². The fourth-order valence-electron chi connectivity index (χ4n) is 3.10. The fraction of sp³-hybridized carbons (Fsp3) is 0.261. The zero-order valence-corrected chi connectivity index (χ0v) is 16.9. The number of carbonyl (C=O) groups is 2. The number of nitrogens with one attached hydrogen (secondary N) is 2. The van der Waals surface area contributed by atoms with Crippen molar-refractivity contribution in [2.24, 2.45) is 0 Å². The lowest BCUT2D eigenvalue weighted by atomic mass is 9.87. The molecule has 1 aromatic heterocycles. The molecular weight excluding hydrogens is 382 g/mol. The average molecular weight is 409 g/mol. The van der Waals surface area contributed by atoms with Gasteiger partial charge in [0.25, 0.3) is 0 Å². The lowest BCUT2D eigenvalue weighted by Gasteiger charge is -2.17. The molecule has 7 nitrogen and oxygen atoms in total. The molecule has 7 heteroatoms. The molecule has 0 amide bonds. The SMILES string of the molecule is CNCCc1cnc(CCC(c2ccccc2)c2ccccc2)[nH]1.O=C(O)C(=O)O. The van der Waals surface area contributed by atoms with Crippen LogP contribution in [0, 0.1) is 0 Å². The van der Waals surface area contributed by atoms with Crippen LogP contribution in [0.4, 0.5) is 0 Å². The molecule has 0 unspecified atom stereocenters. The van der Waals surface area contributed by atoms with Gasteiger partial charge in [0.1, 0.15) is 5.82 Å². The molecule has 0 atom stereocenters. The van der Waals surface area contributed by atoms with Crippen LogP contribution < -0.4 is 5.32 Å². The normalized spacial score (nSPS) is 10.3. The number of carboxylic acids is 2. The zero-order chi connectivity index (χ0) is 21.8. The number of hydrogen-bond acceptors (Lipinski definition) is 4. The van der Waals surface area contributed by atoms with E-state index >= 15 is 0 Å². The molecule has 0 saturated carbocycles. The van der Waals surface area contributed by atoms with E-state index in [2.05, 4.69) is 75.9 Å². The highest BCUT2D eigenvalue weighted by Crippen LogP contribution is 2.28. The molecular formula is C23H27N3O4. The first-order chi connectivity index (χ1) is 14.5. The fourth-order valence-corrected chi connectivity index (χ4v) is 3.10. The van der Waals surface area contributed by atoms with Crippen molar-refractivity contribution in [3.63, 3.8) is 0 Å². The summed E-state index contributed by atoms with van der Waals surface area (Å²) in [6, 6.07) is 21.5. The number of aromatic nitrogens is 2. The van der Waals surface area contributed by atoms with E-state index < -0.39 is 11.9 Å². The molecule has 3 rings (SSSR count). The van der Waals surface area contributed by atoms with Crippen LogP contribution in [0.3, 0.4) is 0 Å². The second-order valence-electron chi connectivity index (χ2n) is 6.73. The van der Waals surface area contributed by atoms with Crippen molar-refractivity contribution in [3.05, 3.63) is 89.5 Å². The molecule has 0 spiro atoms. The molecule has 0 aliphatic carbocycles. The topological polar surface area (TPSA) is 115 Å². The number of aliphatic carboxylic acids is 2. The Balaban J connectivity index is 0.000000469. The Morgan fingerprint density at radius 3 is 1.93 bits per heavy atom. The van der Waals surface area contributed by atoms with Crippen molar-refractivity contribution in [1.82, 2.24) is 15.3 Å². The van der Waals surface area contributed by atoms with Gasteiger partial charge in [-0.15, -0.1) is 0 Å². The molecule has 158 valence electrons. The summed E-state index contributed by atoms with van der Waals surface area (Å²) < 4.78 is 0. The number of likely N-dealkylation sites (N-methyl/N-ethyl adjacent to an activating group) is 1. The van der Waals surface area contributed by atoms with Gasteiger partial charge in [-0.1, -0.05) is 60.7 Å². The van der Waals surface area contributed by atoms with Gasteiger partial charge >= 0.3 is 11.9 Å². The first-order valence-corrected chi connectivity index (χ1v) is 9.74. The van der Waals surface area contributed by atoms with E-state index in [1.54, 1.807) is 0 Å². The number of benzene rings is 2. The summed E-state index contributed by atoms with van der Waals surface area (Å²) in [6.07, 6.45) is 4.96. The maximum absolute atomic E-state index is 9.10. The van der Waals surface area contributed by atoms with Gasteiger partial charge in [-0.25, -0.2) is 14.6 Å². The third kappa shape index (κ3) is 7.52. The van der Waals surface area contributed by atoms with Gasteiger partial charge in [-0.2, -0.15) is 0 Å². The number of hydrogen-bond donors (Lipinski definition) is 4. The standard InChI is InChI=1S/C21H25N3.C2H2O4/c1-22-15-14-19-16-23-21(24-19)13-12-20(17-8-4-2-5-9-17)18-10-6-3-7-11-18;3-1(4)2(5)6/h2-11,16,20,22H,12-15H2,1H3,(H,23,24);(H,3,4)(H,5,6). The average Bonchev–Trinajstić information content (AvgIpc) is 3.22. The first-order valence-electron chi connectivity index (χ1n) is 9.74. The van der Waals surface area contributed by atoms with E-state index in [9.17, 15) is 0 Å². The third-order valence-electron chi connectivity index (χ3n) is 4.58.